The minimum atomic E-state index is -0.178. The smallest absolute Gasteiger partial charge is 0.120 e. The summed E-state index contributed by atoms with van der Waals surface area (Å²) in [7, 11) is 0. The average molecular weight is 234 g/mol. The largest absolute Gasteiger partial charge is 0.487 e. The number of hydrogen-bond acceptors (Lipinski definition) is 1. The van der Waals surface area contributed by atoms with Crippen LogP contribution in [-0.4, -0.2) is 5.60 Å². The third-order valence-electron chi connectivity index (χ3n) is 3.70. The van der Waals surface area contributed by atoms with Crippen LogP contribution < -0.4 is 4.74 Å². The lowest BCUT2D eigenvalue weighted by atomic mass is 9.79. The summed E-state index contributed by atoms with van der Waals surface area (Å²) < 4.78 is 6.16. The van der Waals surface area contributed by atoms with Gasteiger partial charge in [-0.1, -0.05) is 46.8 Å². The molecule has 96 valence electrons. The van der Waals surface area contributed by atoms with E-state index in [-0.39, 0.29) is 11.0 Å². The zero-order valence-corrected chi connectivity index (χ0v) is 12.3. The number of ether oxygens (including phenoxy) is 1. The molecule has 0 heterocycles. The lowest BCUT2D eigenvalue weighted by Gasteiger charge is -2.39. The van der Waals surface area contributed by atoms with E-state index in [9.17, 15) is 0 Å². The standard InChI is InChI=1S/C16H26O/c1-12(2)13-9-8-10-14(11-13)17-16(6,7)15(3,4)5/h8-12H,1-7H3. The summed E-state index contributed by atoms with van der Waals surface area (Å²) in [6.45, 7) is 15.3. The van der Waals surface area contributed by atoms with Crippen molar-refractivity contribution in [1.29, 1.82) is 0 Å². The maximum Gasteiger partial charge on any atom is 0.120 e. The van der Waals surface area contributed by atoms with Gasteiger partial charge in [-0.05, 0) is 37.5 Å². The van der Waals surface area contributed by atoms with Crippen molar-refractivity contribution in [3.63, 3.8) is 0 Å². The van der Waals surface area contributed by atoms with Gasteiger partial charge in [-0.25, -0.2) is 0 Å². The molecule has 0 bridgehead atoms. The van der Waals surface area contributed by atoms with Crippen LogP contribution in [0.5, 0.6) is 5.75 Å². The molecular formula is C16H26O. The molecule has 0 aliphatic heterocycles. The molecule has 0 aliphatic carbocycles. The van der Waals surface area contributed by atoms with Gasteiger partial charge in [-0.3, -0.25) is 0 Å². The normalized spacial score (nSPS) is 12.9. The molecule has 0 radical (unpaired) electrons. The van der Waals surface area contributed by atoms with Crippen LogP contribution in [0.3, 0.4) is 0 Å². The van der Waals surface area contributed by atoms with Crippen molar-refractivity contribution < 1.29 is 4.74 Å². The highest BCUT2D eigenvalue weighted by Crippen LogP contribution is 2.34. The van der Waals surface area contributed by atoms with Crippen LogP contribution in [0.15, 0.2) is 24.3 Å². The van der Waals surface area contributed by atoms with E-state index in [1.165, 1.54) is 5.56 Å². The Kier molecular flexibility index (Phi) is 3.91. The molecule has 1 aromatic carbocycles. The van der Waals surface area contributed by atoms with Gasteiger partial charge in [-0.15, -0.1) is 0 Å². The highest BCUT2D eigenvalue weighted by Gasteiger charge is 2.34. The van der Waals surface area contributed by atoms with E-state index in [0.29, 0.717) is 5.92 Å². The molecule has 1 nitrogen and oxygen atoms in total. The third-order valence-corrected chi connectivity index (χ3v) is 3.70. The van der Waals surface area contributed by atoms with E-state index < -0.39 is 0 Å². The Morgan fingerprint density at radius 1 is 1.00 bits per heavy atom. The van der Waals surface area contributed by atoms with Gasteiger partial charge in [0.2, 0.25) is 0 Å². The first-order chi connectivity index (χ1) is 7.63. The van der Waals surface area contributed by atoms with E-state index in [0.717, 1.165) is 5.75 Å². The molecule has 0 N–H and O–H groups in total. The van der Waals surface area contributed by atoms with Gasteiger partial charge in [0.05, 0.1) is 0 Å². The first kappa shape index (κ1) is 14.1. The van der Waals surface area contributed by atoms with Gasteiger partial charge < -0.3 is 4.74 Å². The maximum absolute atomic E-state index is 6.16. The molecule has 0 saturated carbocycles. The van der Waals surface area contributed by atoms with E-state index in [4.69, 9.17) is 4.74 Å². The summed E-state index contributed by atoms with van der Waals surface area (Å²) in [6.07, 6.45) is 0. The highest BCUT2D eigenvalue weighted by molar-refractivity contribution is 5.30. The maximum atomic E-state index is 6.16. The average Bonchev–Trinajstić information content (AvgIpc) is 2.15. The molecule has 0 aliphatic rings. The van der Waals surface area contributed by atoms with Crippen LogP contribution >= 0.6 is 0 Å². The summed E-state index contributed by atoms with van der Waals surface area (Å²) in [4.78, 5) is 0. The van der Waals surface area contributed by atoms with Gasteiger partial charge in [0.1, 0.15) is 11.4 Å². The van der Waals surface area contributed by atoms with Gasteiger partial charge in [0.25, 0.3) is 0 Å². The fourth-order valence-electron chi connectivity index (χ4n) is 1.38. The molecule has 1 heteroatoms. The van der Waals surface area contributed by atoms with Crippen molar-refractivity contribution in [2.75, 3.05) is 0 Å². The molecule has 0 saturated heterocycles. The Labute approximate surface area is 106 Å². The molecule has 1 aromatic rings. The van der Waals surface area contributed by atoms with Crippen LogP contribution in [0.25, 0.3) is 0 Å². The second kappa shape index (κ2) is 4.72. The molecule has 0 fully saturated rings. The Morgan fingerprint density at radius 3 is 2.06 bits per heavy atom. The topological polar surface area (TPSA) is 9.23 Å². The second-order valence-corrected chi connectivity index (χ2v) is 6.59. The fraction of sp³-hybridized carbons (Fsp3) is 0.625. The minimum Gasteiger partial charge on any atom is -0.487 e. The fourth-order valence-corrected chi connectivity index (χ4v) is 1.38. The first-order valence-corrected chi connectivity index (χ1v) is 6.42. The van der Waals surface area contributed by atoms with Crippen LogP contribution in [0.2, 0.25) is 0 Å². The zero-order valence-electron chi connectivity index (χ0n) is 12.3. The van der Waals surface area contributed by atoms with Crippen molar-refractivity contribution in [1.82, 2.24) is 0 Å². The lowest BCUT2D eigenvalue weighted by Crippen LogP contribution is -2.42. The van der Waals surface area contributed by atoms with Gasteiger partial charge in [0, 0.05) is 5.41 Å². The van der Waals surface area contributed by atoms with Gasteiger partial charge >= 0.3 is 0 Å². The zero-order chi connectivity index (χ0) is 13.3. The summed E-state index contributed by atoms with van der Waals surface area (Å²) in [5, 5.41) is 0. The van der Waals surface area contributed by atoms with E-state index in [1.807, 2.05) is 6.07 Å². The van der Waals surface area contributed by atoms with E-state index >= 15 is 0 Å². The summed E-state index contributed by atoms with van der Waals surface area (Å²) in [6, 6.07) is 8.42. The first-order valence-electron chi connectivity index (χ1n) is 6.42. The predicted molar refractivity (Wildman–Crippen MR) is 74.7 cm³/mol. The summed E-state index contributed by atoms with van der Waals surface area (Å²) in [5.41, 5.74) is 1.26. The van der Waals surface area contributed by atoms with Gasteiger partial charge in [-0.2, -0.15) is 0 Å². The third kappa shape index (κ3) is 3.49. The van der Waals surface area contributed by atoms with E-state index in [1.54, 1.807) is 0 Å². The molecule has 17 heavy (non-hydrogen) atoms. The Morgan fingerprint density at radius 2 is 1.59 bits per heavy atom. The molecular weight excluding hydrogens is 208 g/mol. The second-order valence-electron chi connectivity index (χ2n) is 6.59. The molecule has 0 unspecified atom stereocenters. The summed E-state index contributed by atoms with van der Waals surface area (Å²) >= 11 is 0. The van der Waals surface area contributed by atoms with Crippen molar-refractivity contribution in [3.05, 3.63) is 29.8 Å². The Balaban J connectivity index is 2.92. The van der Waals surface area contributed by atoms with Crippen LogP contribution in [-0.2, 0) is 0 Å². The quantitative estimate of drug-likeness (QED) is 0.714. The predicted octanol–water partition coefficient (Wildman–Crippen LogP) is 5.01. The monoisotopic (exact) mass is 234 g/mol. The molecule has 0 spiro atoms. The number of rotatable bonds is 3. The van der Waals surface area contributed by atoms with Crippen molar-refractivity contribution in [3.8, 4) is 5.75 Å². The minimum absolute atomic E-state index is 0.112. The molecule has 0 aromatic heterocycles. The van der Waals surface area contributed by atoms with Crippen LogP contribution in [0, 0.1) is 5.41 Å². The SMILES string of the molecule is CC(C)c1cccc(OC(C)(C)C(C)(C)C)c1. The lowest BCUT2D eigenvalue weighted by molar-refractivity contribution is 0.000743. The summed E-state index contributed by atoms with van der Waals surface area (Å²) in [5.74, 6) is 1.51. The highest BCUT2D eigenvalue weighted by atomic mass is 16.5. The Hall–Kier alpha value is -0.980. The van der Waals surface area contributed by atoms with Crippen LogP contribution in [0.4, 0.5) is 0 Å². The Bertz CT molecular complexity index is 369. The van der Waals surface area contributed by atoms with Crippen molar-refractivity contribution >= 4 is 0 Å². The van der Waals surface area contributed by atoms with Crippen LogP contribution in [0.1, 0.15) is 59.9 Å². The number of hydrogen-bond donors (Lipinski definition) is 0. The molecule has 0 atom stereocenters. The molecule has 1 rings (SSSR count). The van der Waals surface area contributed by atoms with Crippen molar-refractivity contribution in [2.24, 2.45) is 5.41 Å². The number of benzene rings is 1. The molecule has 0 amide bonds. The van der Waals surface area contributed by atoms with Gasteiger partial charge in [0.15, 0.2) is 0 Å². The van der Waals surface area contributed by atoms with E-state index in [2.05, 4.69) is 66.7 Å². The van der Waals surface area contributed by atoms with Crippen molar-refractivity contribution in [2.45, 2.75) is 60.0 Å².